The van der Waals surface area contributed by atoms with Crippen molar-refractivity contribution >= 4 is 21.6 Å². The number of sulfonamides is 1. The molecule has 0 aliphatic carbocycles. The number of benzene rings is 3. The van der Waals surface area contributed by atoms with Crippen LogP contribution in [0.5, 0.6) is 0 Å². The fourth-order valence-electron chi connectivity index (χ4n) is 3.45. The number of hydrogen-bond donors (Lipinski definition) is 0. The average Bonchev–Trinajstić information content (AvgIpc) is 2.81. The van der Waals surface area contributed by atoms with Gasteiger partial charge in [-0.05, 0) is 59.5 Å². The molecular formula is C26H23ClN2O2S. The van der Waals surface area contributed by atoms with Crippen LogP contribution in [0.25, 0.3) is 0 Å². The van der Waals surface area contributed by atoms with Crippen LogP contribution in [0.4, 0.5) is 0 Å². The number of nitrogens with zero attached hydrogens (tertiary/aromatic N) is 2. The lowest BCUT2D eigenvalue weighted by atomic mass is 10.0. The number of halogens is 1. The molecule has 0 atom stereocenters. The predicted molar refractivity (Wildman–Crippen MR) is 128 cm³/mol. The van der Waals surface area contributed by atoms with E-state index in [1.165, 1.54) is 27.6 Å². The van der Waals surface area contributed by atoms with Gasteiger partial charge >= 0.3 is 0 Å². The van der Waals surface area contributed by atoms with Crippen molar-refractivity contribution in [2.45, 2.75) is 24.4 Å². The molecule has 4 aromatic rings. The van der Waals surface area contributed by atoms with Gasteiger partial charge in [0.15, 0.2) is 0 Å². The molecule has 0 bridgehead atoms. The Labute approximate surface area is 194 Å². The first-order valence-corrected chi connectivity index (χ1v) is 12.1. The molecule has 0 unspecified atom stereocenters. The van der Waals surface area contributed by atoms with Crippen LogP contribution in [0, 0.1) is 0 Å². The summed E-state index contributed by atoms with van der Waals surface area (Å²) in [6.07, 6.45) is 2.50. The van der Waals surface area contributed by atoms with Crippen molar-refractivity contribution in [2.24, 2.45) is 0 Å². The Morgan fingerprint density at radius 2 is 1.31 bits per heavy atom. The van der Waals surface area contributed by atoms with Gasteiger partial charge in [-0.2, -0.15) is 4.31 Å². The zero-order chi connectivity index (χ0) is 22.4. The molecule has 0 aliphatic rings. The van der Waals surface area contributed by atoms with E-state index in [4.69, 9.17) is 11.6 Å². The first-order chi connectivity index (χ1) is 15.5. The fraction of sp³-hybridized carbons (Fsp3) is 0.115. The number of aromatic nitrogens is 1. The van der Waals surface area contributed by atoms with Crippen LogP contribution in [0.3, 0.4) is 0 Å². The number of hydrogen-bond acceptors (Lipinski definition) is 3. The predicted octanol–water partition coefficient (Wildman–Crippen LogP) is 5.72. The summed E-state index contributed by atoms with van der Waals surface area (Å²) in [5.74, 6) is 0. The van der Waals surface area contributed by atoms with Gasteiger partial charge in [0.2, 0.25) is 10.0 Å². The maximum absolute atomic E-state index is 13.4. The summed E-state index contributed by atoms with van der Waals surface area (Å²) in [6, 6.07) is 30.1. The van der Waals surface area contributed by atoms with E-state index in [1.807, 2.05) is 48.5 Å². The van der Waals surface area contributed by atoms with Gasteiger partial charge in [0, 0.05) is 17.8 Å². The SMILES string of the molecule is O=S(=O)(c1ccc(Cl)cc1)N(Cc1ccc(Cc2ccccc2)cc1)Cc1ccccn1. The number of pyridine rings is 1. The lowest BCUT2D eigenvalue weighted by Crippen LogP contribution is -2.30. The third-order valence-corrected chi connectivity index (χ3v) is 7.21. The Balaban J connectivity index is 1.58. The molecule has 4 rings (SSSR count). The van der Waals surface area contributed by atoms with Gasteiger partial charge in [0.05, 0.1) is 17.1 Å². The summed E-state index contributed by atoms with van der Waals surface area (Å²) in [4.78, 5) is 4.52. The first kappa shape index (κ1) is 22.2. The topological polar surface area (TPSA) is 50.3 Å². The van der Waals surface area contributed by atoms with E-state index in [0.29, 0.717) is 10.7 Å². The molecule has 0 saturated carbocycles. The molecule has 0 amide bonds. The highest BCUT2D eigenvalue weighted by Gasteiger charge is 2.25. The zero-order valence-corrected chi connectivity index (χ0v) is 19.0. The second-order valence-corrected chi connectivity index (χ2v) is 9.90. The third kappa shape index (κ3) is 5.62. The van der Waals surface area contributed by atoms with Gasteiger partial charge < -0.3 is 0 Å². The first-order valence-electron chi connectivity index (χ1n) is 10.3. The molecule has 3 aromatic carbocycles. The minimum atomic E-state index is -3.74. The summed E-state index contributed by atoms with van der Waals surface area (Å²) in [6.45, 7) is 0.421. The van der Waals surface area contributed by atoms with Crippen LogP contribution >= 0.6 is 11.6 Å². The van der Waals surface area contributed by atoms with Crippen molar-refractivity contribution in [1.82, 2.24) is 9.29 Å². The Morgan fingerprint density at radius 3 is 1.97 bits per heavy atom. The Morgan fingerprint density at radius 1 is 0.688 bits per heavy atom. The fourth-order valence-corrected chi connectivity index (χ4v) is 4.98. The average molecular weight is 463 g/mol. The highest BCUT2D eigenvalue weighted by Crippen LogP contribution is 2.23. The van der Waals surface area contributed by atoms with E-state index < -0.39 is 10.0 Å². The molecule has 6 heteroatoms. The largest absolute Gasteiger partial charge is 0.260 e. The molecule has 1 heterocycles. The standard InChI is InChI=1S/C26H23ClN2O2S/c27-24-13-15-26(16-14-24)32(30,31)29(20-25-8-4-5-17-28-25)19-23-11-9-22(10-12-23)18-21-6-2-1-3-7-21/h1-17H,18-20H2. The van der Waals surface area contributed by atoms with E-state index in [0.717, 1.165) is 12.0 Å². The second kappa shape index (κ2) is 10.1. The minimum absolute atomic E-state index is 0.178. The summed E-state index contributed by atoms with van der Waals surface area (Å²) < 4.78 is 28.3. The quantitative estimate of drug-likeness (QED) is 0.336. The van der Waals surface area contributed by atoms with Crippen molar-refractivity contribution in [1.29, 1.82) is 0 Å². The van der Waals surface area contributed by atoms with E-state index >= 15 is 0 Å². The molecule has 0 N–H and O–H groups in total. The van der Waals surface area contributed by atoms with E-state index in [-0.39, 0.29) is 18.0 Å². The summed E-state index contributed by atoms with van der Waals surface area (Å²) >= 11 is 5.96. The molecule has 1 aromatic heterocycles. The van der Waals surface area contributed by atoms with Gasteiger partial charge in [-0.15, -0.1) is 0 Å². The van der Waals surface area contributed by atoms with Gasteiger partial charge in [0.1, 0.15) is 0 Å². The highest BCUT2D eigenvalue weighted by molar-refractivity contribution is 7.89. The minimum Gasteiger partial charge on any atom is -0.260 e. The van der Waals surface area contributed by atoms with Gasteiger partial charge in [-0.1, -0.05) is 72.3 Å². The van der Waals surface area contributed by atoms with Crippen molar-refractivity contribution in [3.63, 3.8) is 0 Å². The van der Waals surface area contributed by atoms with Crippen LogP contribution < -0.4 is 0 Å². The van der Waals surface area contributed by atoms with Crippen LogP contribution in [-0.4, -0.2) is 17.7 Å². The summed E-state index contributed by atoms with van der Waals surface area (Å²) in [7, 11) is -3.74. The Bertz CT molecular complexity index is 1240. The maximum Gasteiger partial charge on any atom is 0.243 e. The summed E-state index contributed by atoms with van der Waals surface area (Å²) in [5.41, 5.74) is 4.01. The summed E-state index contributed by atoms with van der Waals surface area (Å²) in [5, 5.41) is 0.495. The molecule has 162 valence electrons. The van der Waals surface area contributed by atoms with E-state index in [9.17, 15) is 8.42 Å². The van der Waals surface area contributed by atoms with Gasteiger partial charge in [-0.3, -0.25) is 4.98 Å². The van der Waals surface area contributed by atoms with Gasteiger partial charge in [0.25, 0.3) is 0 Å². The third-order valence-electron chi connectivity index (χ3n) is 5.15. The zero-order valence-electron chi connectivity index (χ0n) is 17.4. The lowest BCUT2D eigenvalue weighted by molar-refractivity contribution is 0.397. The molecule has 32 heavy (non-hydrogen) atoms. The smallest absolute Gasteiger partial charge is 0.243 e. The highest BCUT2D eigenvalue weighted by atomic mass is 35.5. The monoisotopic (exact) mass is 462 g/mol. The molecule has 0 fully saturated rings. The van der Waals surface area contributed by atoms with Gasteiger partial charge in [-0.25, -0.2) is 8.42 Å². The van der Waals surface area contributed by atoms with Crippen molar-refractivity contribution < 1.29 is 8.42 Å². The molecule has 4 nitrogen and oxygen atoms in total. The normalized spacial score (nSPS) is 11.6. The van der Waals surface area contributed by atoms with Crippen LogP contribution in [-0.2, 0) is 29.5 Å². The van der Waals surface area contributed by atoms with E-state index in [1.54, 1.807) is 18.3 Å². The van der Waals surface area contributed by atoms with Crippen LogP contribution in [0.2, 0.25) is 5.02 Å². The van der Waals surface area contributed by atoms with Crippen molar-refractivity contribution in [3.05, 3.63) is 131 Å². The van der Waals surface area contributed by atoms with Crippen LogP contribution in [0.1, 0.15) is 22.4 Å². The molecule has 0 radical (unpaired) electrons. The molecule has 0 aliphatic heterocycles. The second-order valence-electron chi connectivity index (χ2n) is 7.53. The van der Waals surface area contributed by atoms with Crippen LogP contribution in [0.15, 0.2) is 108 Å². The molecule has 0 saturated heterocycles. The lowest BCUT2D eigenvalue weighted by Gasteiger charge is -2.22. The molecular weight excluding hydrogens is 440 g/mol. The Kier molecular flexibility index (Phi) is 7.00. The van der Waals surface area contributed by atoms with E-state index in [2.05, 4.69) is 29.2 Å². The Hall–Kier alpha value is -2.99. The number of rotatable bonds is 8. The maximum atomic E-state index is 13.4. The van der Waals surface area contributed by atoms with Crippen molar-refractivity contribution in [2.75, 3.05) is 0 Å². The van der Waals surface area contributed by atoms with Crippen molar-refractivity contribution in [3.8, 4) is 0 Å². The molecule has 0 spiro atoms.